The molecular formula is C23H25ClFN5O3. The lowest BCUT2D eigenvalue weighted by molar-refractivity contribution is -0.133. The van der Waals surface area contributed by atoms with Crippen LogP contribution in [0.3, 0.4) is 0 Å². The number of pyridine rings is 1. The highest BCUT2D eigenvalue weighted by Crippen LogP contribution is 2.57. The lowest BCUT2D eigenvalue weighted by atomic mass is 9.82. The molecule has 3 aliphatic rings. The van der Waals surface area contributed by atoms with E-state index in [0.717, 1.165) is 0 Å². The molecule has 2 unspecified atom stereocenters. The van der Waals surface area contributed by atoms with E-state index in [1.165, 1.54) is 17.0 Å². The largest absolute Gasteiger partial charge is 0.352 e. The van der Waals surface area contributed by atoms with E-state index in [-0.39, 0.29) is 22.5 Å². The predicted molar refractivity (Wildman–Crippen MR) is 121 cm³/mol. The Bertz CT molecular complexity index is 1190. The third-order valence-electron chi connectivity index (χ3n) is 7.16. The zero-order valence-electron chi connectivity index (χ0n) is 18.6. The van der Waals surface area contributed by atoms with Crippen molar-refractivity contribution in [2.24, 2.45) is 5.73 Å². The predicted octanol–water partition coefficient (Wildman–Crippen LogP) is 2.67. The minimum Gasteiger partial charge on any atom is -0.352 e. The summed E-state index contributed by atoms with van der Waals surface area (Å²) in [6, 6.07) is 7.80. The minimum atomic E-state index is -1.31. The van der Waals surface area contributed by atoms with E-state index in [0.29, 0.717) is 43.2 Å². The van der Waals surface area contributed by atoms with Gasteiger partial charge in [0.1, 0.15) is 17.1 Å². The fourth-order valence-electron chi connectivity index (χ4n) is 5.03. The highest BCUT2D eigenvalue weighted by molar-refractivity contribution is 6.30. The fraction of sp³-hybridized carbons (Fsp3) is 0.435. The standard InChI is InChI=1S/C23H25ClFN5O3/c1-21(2)20(32)27-9-10-29(21)19(31)16-6-7-17-18(28-16)22(3)8-11-33-23(22,26)30(17)13-4-5-14(24)15(25)12-13/h4-7,12H,8-11,26H2,1-3H3,(H,27,32). The number of nitrogens with zero attached hydrogens (tertiary/aromatic N) is 3. The summed E-state index contributed by atoms with van der Waals surface area (Å²) in [5.41, 5.74) is 6.98. The second-order valence-electron chi connectivity index (χ2n) is 9.40. The molecule has 2 aromatic rings. The van der Waals surface area contributed by atoms with Crippen molar-refractivity contribution in [3.05, 3.63) is 52.6 Å². The minimum absolute atomic E-state index is 0.00611. The molecule has 2 fully saturated rings. The first kappa shape index (κ1) is 22.1. The number of anilines is 2. The Kier molecular flexibility index (Phi) is 4.76. The second-order valence-corrected chi connectivity index (χ2v) is 9.80. The number of aromatic nitrogens is 1. The molecule has 3 aliphatic heterocycles. The van der Waals surface area contributed by atoms with Crippen LogP contribution >= 0.6 is 11.6 Å². The summed E-state index contributed by atoms with van der Waals surface area (Å²) >= 11 is 5.88. The Labute approximate surface area is 195 Å². The number of hydrogen-bond donors (Lipinski definition) is 2. The van der Waals surface area contributed by atoms with Gasteiger partial charge in [0.15, 0.2) is 0 Å². The molecule has 0 bridgehead atoms. The number of carbonyl (C=O) groups is 2. The molecule has 174 valence electrons. The van der Waals surface area contributed by atoms with Crippen LogP contribution in [0, 0.1) is 5.82 Å². The summed E-state index contributed by atoms with van der Waals surface area (Å²) in [5.74, 6) is -2.43. The van der Waals surface area contributed by atoms with Crippen molar-refractivity contribution in [3.8, 4) is 0 Å². The van der Waals surface area contributed by atoms with E-state index in [1.54, 1.807) is 36.9 Å². The normalized spacial score (nSPS) is 27.9. The first-order chi connectivity index (χ1) is 15.5. The summed E-state index contributed by atoms with van der Waals surface area (Å²) in [5, 5.41) is 2.80. The van der Waals surface area contributed by atoms with Crippen LogP contribution in [0.25, 0.3) is 0 Å². The number of ether oxygens (including phenoxy) is 1. The average Bonchev–Trinajstić information content (AvgIpc) is 3.16. The van der Waals surface area contributed by atoms with Crippen LogP contribution in [-0.2, 0) is 14.9 Å². The Hall–Kier alpha value is -2.75. The van der Waals surface area contributed by atoms with Crippen LogP contribution in [0.1, 0.15) is 43.4 Å². The number of nitrogens with one attached hydrogen (secondary N) is 1. The van der Waals surface area contributed by atoms with Gasteiger partial charge in [-0.2, -0.15) is 0 Å². The number of rotatable bonds is 2. The van der Waals surface area contributed by atoms with Gasteiger partial charge in [-0.05, 0) is 57.5 Å². The van der Waals surface area contributed by atoms with Crippen molar-refractivity contribution in [2.45, 2.75) is 44.0 Å². The molecule has 0 radical (unpaired) electrons. The van der Waals surface area contributed by atoms with Gasteiger partial charge in [-0.3, -0.25) is 20.2 Å². The zero-order valence-corrected chi connectivity index (χ0v) is 19.4. The van der Waals surface area contributed by atoms with Crippen LogP contribution in [-0.4, -0.2) is 52.8 Å². The maximum atomic E-state index is 14.3. The second kappa shape index (κ2) is 7.12. The number of amides is 2. The number of nitrogens with two attached hydrogens (primary N) is 1. The molecule has 3 N–H and O–H groups in total. The first-order valence-corrected chi connectivity index (χ1v) is 11.2. The molecule has 8 nitrogen and oxygen atoms in total. The molecule has 2 amide bonds. The van der Waals surface area contributed by atoms with Crippen molar-refractivity contribution in [1.29, 1.82) is 0 Å². The van der Waals surface area contributed by atoms with Crippen molar-refractivity contribution < 1.29 is 18.7 Å². The summed E-state index contributed by atoms with van der Waals surface area (Å²) in [7, 11) is 0. The van der Waals surface area contributed by atoms with Gasteiger partial charge in [-0.1, -0.05) is 11.6 Å². The van der Waals surface area contributed by atoms with Crippen LogP contribution in [0.4, 0.5) is 15.8 Å². The number of benzene rings is 1. The monoisotopic (exact) mass is 473 g/mol. The van der Waals surface area contributed by atoms with Gasteiger partial charge in [0.25, 0.3) is 5.91 Å². The molecule has 0 spiro atoms. The highest BCUT2D eigenvalue weighted by Gasteiger charge is 2.63. The van der Waals surface area contributed by atoms with Crippen molar-refractivity contribution in [1.82, 2.24) is 15.2 Å². The molecule has 1 aromatic carbocycles. The third kappa shape index (κ3) is 2.92. The quantitative estimate of drug-likeness (QED) is 0.695. The SMILES string of the molecule is CC1(C)C(=O)NCCN1C(=O)c1ccc2c(n1)C1(C)CCOC1(N)N2c1ccc(Cl)c(F)c1. The number of carbonyl (C=O) groups excluding carboxylic acids is 2. The van der Waals surface area contributed by atoms with E-state index < -0.39 is 22.6 Å². The van der Waals surface area contributed by atoms with Gasteiger partial charge < -0.3 is 15.0 Å². The molecular weight excluding hydrogens is 449 g/mol. The fourth-order valence-corrected chi connectivity index (χ4v) is 5.15. The average molecular weight is 474 g/mol. The summed E-state index contributed by atoms with van der Waals surface area (Å²) < 4.78 is 20.3. The highest BCUT2D eigenvalue weighted by atomic mass is 35.5. The van der Waals surface area contributed by atoms with Gasteiger partial charge in [-0.15, -0.1) is 0 Å². The van der Waals surface area contributed by atoms with Gasteiger partial charge in [0.2, 0.25) is 11.8 Å². The van der Waals surface area contributed by atoms with Crippen molar-refractivity contribution >= 4 is 34.8 Å². The maximum Gasteiger partial charge on any atom is 0.273 e. The lowest BCUT2D eigenvalue weighted by Crippen LogP contribution is -2.63. The molecule has 33 heavy (non-hydrogen) atoms. The van der Waals surface area contributed by atoms with E-state index in [1.807, 2.05) is 6.92 Å². The van der Waals surface area contributed by atoms with Gasteiger partial charge in [0, 0.05) is 18.8 Å². The third-order valence-corrected chi connectivity index (χ3v) is 7.47. The van der Waals surface area contributed by atoms with E-state index in [4.69, 9.17) is 27.1 Å². The Morgan fingerprint density at radius 3 is 2.76 bits per heavy atom. The topological polar surface area (TPSA) is 101 Å². The Balaban J connectivity index is 1.61. The van der Waals surface area contributed by atoms with Gasteiger partial charge >= 0.3 is 0 Å². The summed E-state index contributed by atoms with van der Waals surface area (Å²) in [6.45, 7) is 6.50. The van der Waals surface area contributed by atoms with Crippen LogP contribution < -0.4 is 16.0 Å². The van der Waals surface area contributed by atoms with Crippen molar-refractivity contribution in [2.75, 3.05) is 24.6 Å². The molecule has 0 aliphatic carbocycles. The molecule has 1 aromatic heterocycles. The van der Waals surface area contributed by atoms with Gasteiger partial charge in [-0.25, -0.2) is 9.37 Å². The van der Waals surface area contributed by atoms with Crippen molar-refractivity contribution in [3.63, 3.8) is 0 Å². The first-order valence-electron chi connectivity index (χ1n) is 10.8. The number of halogens is 2. The van der Waals surface area contributed by atoms with Gasteiger partial charge in [0.05, 0.1) is 28.4 Å². The Morgan fingerprint density at radius 1 is 1.27 bits per heavy atom. The smallest absolute Gasteiger partial charge is 0.273 e. The number of hydrogen-bond acceptors (Lipinski definition) is 6. The molecule has 4 heterocycles. The van der Waals surface area contributed by atoms with Crippen LogP contribution in [0.15, 0.2) is 30.3 Å². The molecule has 2 atom stereocenters. The molecule has 0 saturated carbocycles. The molecule has 10 heteroatoms. The maximum absolute atomic E-state index is 14.3. The molecule has 5 rings (SSSR count). The van der Waals surface area contributed by atoms with E-state index >= 15 is 0 Å². The molecule has 2 saturated heterocycles. The van der Waals surface area contributed by atoms with E-state index in [2.05, 4.69) is 5.32 Å². The lowest BCUT2D eigenvalue weighted by Gasteiger charge is -2.41. The zero-order chi connectivity index (χ0) is 23.8. The van der Waals surface area contributed by atoms with Crippen LogP contribution in [0.5, 0.6) is 0 Å². The number of piperazine rings is 1. The van der Waals surface area contributed by atoms with E-state index in [9.17, 15) is 14.0 Å². The Morgan fingerprint density at radius 2 is 2.03 bits per heavy atom. The summed E-state index contributed by atoms with van der Waals surface area (Å²) in [4.78, 5) is 33.8. The van der Waals surface area contributed by atoms with Crippen LogP contribution in [0.2, 0.25) is 5.02 Å². The summed E-state index contributed by atoms with van der Waals surface area (Å²) in [6.07, 6.45) is 0.575. The number of fused-ring (bicyclic) bond motifs is 3.